The van der Waals surface area contributed by atoms with E-state index in [1.165, 1.54) is 24.3 Å². The van der Waals surface area contributed by atoms with Crippen LogP contribution in [0.2, 0.25) is 0 Å². The van der Waals surface area contributed by atoms with Crippen LogP contribution in [0.3, 0.4) is 0 Å². The van der Waals surface area contributed by atoms with E-state index in [1.54, 1.807) is 24.3 Å². The van der Waals surface area contributed by atoms with Gasteiger partial charge in [0.15, 0.2) is 5.78 Å². The number of carbonyl (C=O) groups excluding carboxylic acids is 2. The second-order valence-corrected chi connectivity index (χ2v) is 5.25. The number of Topliss-reactive ketones (excluding diaryl/α,β-unsaturated/α-hetero) is 1. The van der Waals surface area contributed by atoms with Gasteiger partial charge in [-0.15, -0.1) is 0 Å². The number of anilines is 1. The lowest BCUT2D eigenvalue weighted by Crippen LogP contribution is -2.13. The van der Waals surface area contributed by atoms with Gasteiger partial charge in [-0.2, -0.15) is 0 Å². The summed E-state index contributed by atoms with van der Waals surface area (Å²) in [5.74, 6) is -1.90. The van der Waals surface area contributed by atoms with Gasteiger partial charge < -0.3 is 10.4 Å². The van der Waals surface area contributed by atoms with Gasteiger partial charge in [0, 0.05) is 24.1 Å². The molecule has 0 aliphatic carbocycles. The first-order valence-electron chi connectivity index (χ1n) is 7.33. The maximum Gasteiger partial charge on any atom is 0.307 e. The molecule has 2 aromatic carbocycles. The Bertz CT molecular complexity index is 739. The van der Waals surface area contributed by atoms with Crippen molar-refractivity contribution in [3.63, 3.8) is 0 Å². The summed E-state index contributed by atoms with van der Waals surface area (Å²) in [6.07, 6.45) is -0.0535. The predicted octanol–water partition coefficient (Wildman–Crippen LogP) is 3.05. The van der Waals surface area contributed by atoms with Crippen molar-refractivity contribution in [2.75, 3.05) is 5.32 Å². The third-order valence-electron chi connectivity index (χ3n) is 3.34. The molecule has 1 amide bonds. The van der Waals surface area contributed by atoms with E-state index in [-0.39, 0.29) is 31.0 Å². The van der Waals surface area contributed by atoms with E-state index in [4.69, 9.17) is 5.11 Å². The number of nitrogens with one attached hydrogen (secondary N) is 1. The molecule has 5 nitrogen and oxygen atoms in total. The molecule has 0 radical (unpaired) electrons. The molecule has 0 aromatic heterocycles. The first kappa shape index (κ1) is 17.3. The highest BCUT2D eigenvalue weighted by molar-refractivity contribution is 5.99. The third-order valence-corrected chi connectivity index (χ3v) is 3.34. The van der Waals surface area contributed by atoms with Crippen molar-refractivity contribution in [2.24, 2.45) is 0 Å². The average molecular weight is 329 g/mol. The predicted molar refractivity (Wildman–Crippen MR) is 86.4 cm³/mol. The Hall–Kier alpha value is -3.02. The van der Waals surface area contributed by atoms with Crippen molar-refractivity contribution in [1.29, 1.82) is 0 Å². The maximum atomic E-state index is 12.8. The number of benzene rings is 2. The number of amides is 1. The van der Waals surface area contributed by atoms with Gasteiger partial charge in [-0.25, -0.2) is 4.39 Å². The lowest BCUT2D eigenvalue weighted by Gasteiger charge is -2.06. The summed E-state index contributed by atoms with van der Waals surface area (Å²) in [4.78, 5) is 34.3. The number of hydrogen-bond donors (Lipinski definition) is 2. The molecule has 0 aliphatic heterocycles. The van der Waals surface area contributed by atoms with Crippen LogP contribution in [0.15, 0.2) is 48.5 Å². The first-order chi connectivity index (χ1) is 11.4. The highest BCUT2D eigenvalue weighted by Gasteiger charge is 2.10. The van der Waals surface area contributed by atoms with Crippen molar-refractivity contribution < 1.29 is 23.9 Å². The lowest BCUT2D eigenvalue weighted by molar-refractivity contribution is -0.136. The Morgan fingerprint density at radius 1 is 0.917 bits per heavy atom. The van der Waals surface area contributed by atoms with Crippen LogP contribution in [0.1, 0.15) is 28.8 Å². The SMILES string of the molecule is O=C(O)Cc1ccc(NC(=O)CCC(=O)c2ccc(F)cc2)cc1. The highest BCUT2D eigenvalue weighted by atomic mass is 19.1. The number of carbonyl (C=O) groups is 3. The standard InChI is InChI=1S/C18H16FNO4/c19-14-5-3-13(4-6-14)16(21)9-10-17(22)20-15-7-1-12(2-8-15)11-18(23)24/h1-8H,9-11H2,(H,20,22)(H,23,24). The highest BCUT2D eigenvalue weighted by Crippen LogP contribution is 2.12. The topological polar surface area (TPSA) is 83.5 Å². The van der Waals surface area contributed by atoms with E-state index in [0.717, 1.165) is 0 Å². The quantitative estimate of drug-likeness (QED) is 0.765. The molecule has 6 heteroatoms. The van der Waals surface area contributed by atoms with Crippen LogP contribution in [0.4, 0.5) is 10.1 Å². The summed E-state index contributed by atoms with van der Waals surface area (Å²) in [6.45, 7) is 0. The molecule has 2 aromatic rings. The van der Waals surface area contributed by atoms with Crippen molar-refractivity contribution in [3.05, 3.63) is 65.5 Å². The largest absolute Gasteiger partial charge is 0.481 e. The van der Waals surface area contributed by atoms with Crippen LogP contribution < -0.4 is 5.32 Å². The average Bonchev–Trinajstić information content (AvgIpc) is 2.54. The van der Waals surface area contributed by atoms with E-state index in [0.29, 0.717) is 16.8 Å². The molecule has 2 N–H and O–H groups in total. The maximum absolute atomic E-state index is 12.8. The molecule has 0 aliphatic rings. The van der Waals surface area contributed by atoms with Gasteiger partial charge in [0.1, 0.15) is 5.82 Å². The number of hydrogen-bond acceptors (Lipinski definition) is 3. The molecule has 0 fully saturated rings. The summed E-state index contributed by atoms with van der Waals surface area (Å²) in [5.41, 5.74) is 1.53. The Balaban J connectivity index is 1.83. The van der Waals surface area contributed by atoms with Crippen LogP contribution in [0.5, 0.6) is 0 Å². The molecule has 0 heterocycles. The molecule has 2 rings (SSSR count). The van der Waals surface area contributed by atoms with Gasteiger partial charge in [-0.1, -0.05) is 12.1 Å². The molecule has 0 saturated carbocycles. The Morgan fingerprint density at radius 3 is 2.12 bits per heavy atom. The van der Waals surface area contributed by atoms with Gasteiger partial charge in [0.2, 0.25) is 5.91 Å². The summed E-state index contributed by atoms with van der Waals surface area (Å²) >= 11 is 0. The molecule has 24 heavy (non-hydrogen) atoms. The van der Waals surface area contributed by atoms with Gasteiger partial charge in [-0.05, 0) is 42.0 Å². The normalized spacial score (nSPS) is 10.2. The second-order valence-electron chi connectivity index (χ2n) is 5.25. The number of rotatable bonds is 7. The molecule has 0 spiro atoms. The Kier molecular flexibility index (Phi) is 5.78. The van der Waals surface area contributed by atoms with Gasteiger partial charge in [-0.3, -0.25) is 14.4 Å². The number of aliphatic carboxylic acids is 1. The van der Waals surface area contributed by atoms with Crippen molar-refractivity contribution in [1.82, 2.24) is 0 Å². The van der Waals surface area contributed by atoms with Crippen LogP contribution in [0.25, 0.3) is 0 Å². The Labute approximate surface area is 138 Å². The van der Waals surface area contributed by atoms with Crippen molar-refractivity contribution in [2.45, 2.75) is 19.3 Å². The van der Waals surface area contributed by atoms with Crippen LogP contribution in [0, 0.1) is 5.82 Å². The fraction of sp³-hybridized carbons (Fsp3) is 0.167. The first-order valence-corrected chi connectivity index (χ1v) is 7.33. The molecule has 0 saturated heterocycles. The molecule has 0 atom stereocenters. The van der Waals surface area contributed by atoms with E-state index >= 15 is 0 Å². The summed E-state index contributed by atoms with van der Waals surface area (Å²) < 4.78 is 12.8. The van der Waals surface area contributed by atoms with Crippen LogP contribution in [-0.2, 0) is 16.0 Å². The van der Waals surface area contributed by atoms with Crippen molar-refractivity contribution in [3.8, 4) is 0 Å². The summed E-state index contributed by atoms with van der Waals surface area (Å²) in [6, 6.07) is 11.6. The molecule has 0 unspecified atom stereocenters. The van der Waals surface area contributed by atoms with Crippen molar-refractivity contribution >= 4 is 23.3 Å². The zero-order valence-electron chi connectivity index (χ0n) is 12.8. The number of halogens is 1. The molecular weight excluding hydrogens is 313 g/mol. The molecule has 0 bridgehead atoms. The monoisotopic (exact) mass is 329 g/mol. The number of ketones is 1. The van der Waals surface area contributed by atoms with E-state index in [2.05, 4.69) is 5.32 Å². The summed E-state index contributed by atoms with van der Waals surface area (Å²) in [7, 11) is 0. The zero-order chi connectivity index (χ0) is 17.5. The fourth-order valence-corrected chi connectivity index (χ4v) is 2.11. The van der Waals surface area contributed by atoms with E-state index in [9.17, 15) is 18.8 Å². The minimum absolute atomic E-state index is 0.00703. The van der Waals surface area contributed by atoms with Crippen LogP contribution >= 0.6 is 0 Å². The number of carboxylic acid groups (broad SMARTS) is 1. The lowest BCUT2D eigenvalue weighted by atomic mass is 10.1. The number of carboxylic acids is 1. The van der Waals surface area contributed by atoms with E-state index < -0.39 is 11.8 Å². The third kappa shape index (κ3) is 5.31. The molecular formula is C18H16FNO4. The van der Waals surface area contributed by atoms with Gasteiger partial charge >= 0.3 is 5.97 Å². The van der Waals surface area contributed by atoms with Gasteiger partial charge in [0.25, 0.3) is 0 Å². The minimum atomic E-state index is -0.925. The fourth-order valence-electron chi connectivity index (χ4n) is 2.11. The minimum Gasteiger partial charge on any atom is -0.481 e. The zero-order valence-corrected chi connectivity index (χ0v) is 12.8. The molecule has 124 valence electrons. The van der Waals surface area contributed by atoms with Gasteiger partial charge in [0.05, 0.1) is 6.42 Å². The second kappa shape index (κ2) is 8.01. The smallest absolute Gasteiger partial charge is 0.307 e. The Morgan fingerprint density at radius 2 is 1.54 bits per heavy atom. The summed E-state index contributed by atoms with van der Waals surface area (Å²) in [5, 5.41) is 11.3. The van der Waals surface area contributed by atoms with Crippen LogP contribution in [-0.4, -0.2) is 22.8 Å². The van der Waals surface area contributed by atoms with E-state index in [1.807, 2.05) is 0 Å².